The van der Waals surface area contributed by atoms with Crippen molar-refractivity contribution in [3.63, 3.8) is 0 Å². The maximum atomic E-state index is 6.04. The van der Waals surface area contributed by atoms with Crippen molar-refractivity contribution in [1.82, 2.24) is 9.88 Å². The Bertz CT molecular complexity index is 924. The van der Waals surface area contributed by atoms with E-state index in [0.29, 0.717) is 19.8 Å². The van der Waals surface area contributed by atoms with Crippen molar-refractivity contribution in [2.45, 2.75) is 19.7 Å². The smallest absolute Gasteiger partial charge is 0.165 e. The summed E-state index contributed by atoms with van der Waals surface area (Å²) in [6.45, 7) is 3.35. The molecule has 0 N–H and O–H groups in total. The summed E-state index contributed by atoms with van der Waals surface area (Å²) < 4.78 is 22.6. The van der Waals surface area contributed by atoms with Gasteiger partial charge in [0.1, 0.15) is 24.7 Å². The average molecular weight is 380 g/mol. The molecule has 0 radical (unpaired) electrons. The number of ether oxygens (including phenoxy) is 3. The Balaban J connectivity index is 1.60. The zero-order chi connectivity index (χ0) is 19.3. The summed E-state index contributed by atoms with van der Waals surface area (Å²) >= 11 is 0. The number of methoxy groups -OCH3 is 2. The minimum Gasteiger partial charge on any atom is -0.493 e. The number of nitrogens with zero attached hydrogens (tertiary/aromatic N) is 2. The highest BCUT2D eigenvalue weighted by Gasteiger charge is 2.21. The molecule has 0 amide bonds. The standard InChI is InChI=1S/C22H24N2O4/c1-25-15-20-6-5-19(28-20)14-24-8-9-27-22-18(13-24)10-17(11-21(22)26-2)16-4-3-7-23-12-16/h3-7,10-12H,8-9,13-15H2,1-2H3. The molecule has 146 valence electrons. The Labute approximate surface area is 164 Å². The van der Waals surface area contributed by atoms with Crippen LogP contribution in [0.1, 0.15) is 17.1 Å². The average Bonchev–Trinajstić information content (AvgIpc) is 3.05. The zero-order valence-electron chi connectivity index (χ0n) is 16.2. The van der Waals surface area contributed by atoms with Crippen LogP contribution in [0.3, 0.4) is 0 Å². The Morgan fingerprint density at radius 1 is 1.11 bits per heavy atom. The molecular weight excluding hydrogens is 356 g/mol. The van der Waals surface area contributed by atoms with Gasteiger partial charge >= 0.3 is 0 Å². The van der Waals surface area contributed by atoms with E-state index in [9.17, 15) is 0 Å². The molecule has 0 aliphatic carbocycles. The number of pyridine rings is 1. The van der Waals surface area contributed by atoms with Gasteiger partial charge in [-0.25, -0.2) is 0 Å². The van der Waals surface area contributed by atoms with E-state index >= 15 is 0 Å². The molecule has 0 saturated heterocycles. The van der Waals surface area contributed by atoms with E-state index in [1.54, 1.807) is 20.4 Å². The molecule has 2 aromatic heterocycles. The van der Waals surface area contributed by atoms with Crippen LogP contribution in [0.5, 0.6) is 11.5 Å². The summed E-state index contributed by atoms with van der Waals surface area (Å²) in [5, 5.41) is 0. The number of hydrogen-bond donors (Lipinski definition) is 0. The molecule has 1 aliphatic heterocycles. The molecule has 0 saturated carbocycles. The molecule has 28 heavy (non-hydrogen) atoms. The Hall–Kier alpha value is -2.83. The molecule has 3 aromatic rings. The van der Waals surface area contributed by atoms with E-state index in [-0.39, 0.29) is 0 Å². The molecule has 0 fully saturated rings. The Morgan fingerprint density at radius 2 is 2.00 bits per heavy atom. The minimum atomic E-state index is 0.484. The van der Waals surface area contributed by atoms with Crippen molar-refractivity contribution < 1.29 is 18.6 Å². The number of fused-ring (bicyclic) bond motifs is 1. The molecule has 0 bridgehead atoms. The summed E-state index contributed by atoms with van der Waals surface area (Å²) in [5.41, 5.74) is 3.21. The molecule has 0 atom stereocenters. The first-order valence-corrected chi connectivity index (χ1v) is 9.30. The summed E-state index contributed by atoms with van der Waals surface area (Å²) in [4.78, 5) is 6.54. The van der Waals surface area contributed by atoms with Crippen molar-refractivity contribution in [2.24, 2.45) is 0 Å². The molecule has 6 nitrogen and oxygen atoms in total. The van der Waals surface area contributed by atoms with Gasteiger partial charge in [-0.15, -0.1) is 0 Å². The van der Waals surface area contributed by atoms with E-state index in [1.165, 1.54) is 0 Å². The first kappa shape index (κ1) is 18.5. The van der Waals surface area contributed by atoms with Crippen LogP contribution in [-0.4, -0.2) is 37.3 Å². The predicted molar refractivity (Wildman–Crippen MR) is 105 cm³/mol. The maximum Gasteiger partial charge on any atom is 0.165 e. The lowest BCUT2D eigenvalue weighted by Crippen LogP contribution is -2.25. The van der Waals surface area contributed by atoms with E-state index in [4.69, 9.17) is 18.6 Å². The third kappa shape index (κ3) is 4.03. The van der Waals surface area contributed by atoms with Gasteiger partial charge < -0.3 is 18.6 Å². The number of aromatic nitrogens is 1. The van der Waals surface area contributed by atoms with Gasteiger partial charge in [0, 0.05) is 43.7 Å². The summed E-state index contributed by atoms with van der Waals surface area (Å²) in [7, 11) is 3.34. The molecular formula is C22H24N2O4. The molecule has 1 aliphatic rings. The number of benzene rings is 1. The summed E-state index contributed by atoms with van der Waals surface area (Å²) in [5.74, 6) is 3.33. The van der Waals surface area contributed by atoms with Crippen LogP contribution in [-0.2, 0) is 24.4 Å². The number of hydrogen-bond acceptors (Lipinski definition) is 6. The van der Waals surface area contributed by atoms with Crippen molar-refractivity contribution in [3.05, 3.63) is 65.9 Å². The largest absolute Gasteiger partial charge is 0.493 e. The van der Waals surface area contributed by atoms with Gasteiger partial charge in [-0.2, -0.15) is 0 Å². The maximum absolute atomic E-state index is 6.04. The fraction of sp³-hybridized carbons (Fsp3) is 0.318. The van der Waals surface area contributed by atoms with Crippen LogP contribution in [0, 0.1) is 0 Å². The van der Waals surface area contributed by atoms with Gasteiger partial charge in [0.2, 0.25) is 0 Å². The van der Waals surface area contributed by atoms with Gasteiger partial charge in [0.25, 0.3) is 0 Å². The lowest BCUT2D eigenvalue weighted by molar-refractivity contribution is 0.157. The Morgan fingerprint density at radius 3 is 2.79 bits per heavy atom. The topological polar surface area (TPSA) is 57.0 Å². The summed E-state index contributed by atoms with van der Waals surface area (Å²) in [6, 6.07) is 12.1. The summed E-state index contributed by atoms with van der Waals surface area (Å²) in [6.07, 6.45) is 3.63. The van der Waals surface area contributed by atoms with Crippen molar-refractivity contribution in [2.75, 3.05) is 27.4 Å². The van der Waals surface area contributed by atoms with Crippen molar-refractivity contribution in [1.29, 1.82) is 0 Å². The first-order valence-electron chi connectivity index (χ1n) is 9.30. The van der Waals surface area contributed by atoms with Crippen molar-refractivity contribution in [3.8, 4) is 22.6 Å². The van der Waals surface area contributed by atoms with E-state index < -0.39 is 0 Å². The van der Waals surface area contributed by atoms with E-state index in [2.05, 4.69) is 16.0 Å². The predicted octanol–water partition coefficient (Wildman–Crippen LogP) is 3.89. The van der Waals surface area contributed by atoms with Crippen LogP contribution < -0.4 is 9.47 Å². The quantitative estimate of drug-likeness (QED) is 0.647. The second kappa shape index (κ2) is 8.46. The normalized spacial score (nSPS) is 14.2. The van der Waals surface area contributed by atoms with Gasteiger partial charge in [0.05, 0.1) is 13.7 Å². The molecule has 0 spiro atoms. The minimum absolute atomic E-state index is 0.484. The van der Waals surface area contributed by atoms with E-state index in [0.717, 1.165) is 52.8 Å². The van der Waals surface area contributed by atoms with Crippen molar-refractivity contribution >= 4 is 0 Å². The highest BCUT2D eigenvalue weighted by atomic mass is 16.5. The highest BCUT2D eigenvalue weighted by molar-refractivity contribution is 5.68. The van der Waals surface area contributed by atoms with Crippen LogP contribution in [0.25, 0.3) is 11.1 Å². The lowest BCUT2D eigenvalue weighted by atomic mass is 10.0. The van der Waals surface area contributed by atoms with Crippen LogP contribution in [0.4, 0.5) is 0 Å². The number of rotatable bonds is 6. The van der Waals surface area contributed by atoms with Crippen LogP contribution in [0.2, 0.25) is 0 Å². The van der Waals surface area contributed by atoms with Gasteiger partial charge in [0.15, 0.2) is 11.5 Å². The fourth-order valence-corrected chi connectivity index (χ4v) is 3.47. The second-order valence-electron chi connectivity index (χ2n) is 6.77. The molecule has 0 unspecified atom stereocenters. The van der Waals surface area contributed by atoms with Gasteiger partial charge in [-0.1, -0.05) is 6.07 Å². The van der Waals surface area contributed by atoms with Crippen LogP contribution in [0.15, 0.2) is 53.2 Å². The third-order valence-corrected chi connectivity index (χ3v) is 4.78. The zero-order valence-corrected chi connectivity index (χ0v) is 16.2. The second-order valence-corrected chi connectivity index (χ2v) is 6.77. The molecule has 4 rings (SSSR count). The van der Waals surface area contributed by atoms with Gasteiger partial charge in [-0.3, -0.25) is 9.88 Å². The third-order valence-electron chi connectivity index (χ3n) is 4.78. The van der Waals surface area contributed by atoms with Crippen LogP contribution >= 0.6 is 0 Å². The first-order chi connectivity index (χ1) is 13.8. The SMILES string of the molecule is COCc1ccc(CN2CCOc3c(cc(-c4cccnc4)cc3OC)C2)o1. The van der Waals surface area contributed by atoms with Gasteiger partial charge in [-0.05, 0) is 35.9 Å². The lowest BCUT2D eigenvalue weighted by Gasteiger charge is -2.18. The fourth-order valence-electron chi connectivity index (χ4n) is 3.47. The monoisotopic (exact) mass is 380 g/mol. The van der Waals surface area contributed by atoms with E-state index in [1.807, 2.05) is 36.5 Å². The molecule has 3 heterocycles. The highest BCUT2D eigenvalue weighted by Crippen LogP contribution is 2.38. The molecule has 6 heteroatoms. The molecule has 1 aromatic carbocycles. The Kier molecular flexibility index (Phi) is 5.60. The number of furan rings is 1.